The first-order valence-electron chi connectivity index (χ1n) is 5.98. The molecule has 0 spiro atoms. The molecular formula is C15H13NO3. The molecule has 0 radical (unpaired) electrons. The lowest BCUT2D eigenvalue weighted by molar-refractivity contribution is -0.384. The molecule has 2 aromatic carbocycles. The zero-order valence-corrected chi connectivity index (χ0v) is 10.5. The Balaban J connectivity index is 2.41. The Kier molecular flexibility index (Phi) is 3.71. The number of aryl methyl sites for hydroxylation is 1. The summed E-state index contributed by atoms with van der Waals surface area (Å²) < 4.78 is 0. The second-order valence-corrected chi connectivity index (χ2v) is 4.19. The molecule has 2 aromatic rings. The van der Waals surface area contributed by atoms with E-state index in [0.717, 1.165) is 29.4 Å². The number of aldehydes is 1. The third kappa shape index (κ3) is 2.68. The van der Waals surface area contributed by atoms with Crippen LogP contribution in [-0.4, -0.2) is 11.2 Å². The van der Waals surface area contributed by atoms with E-state index in [1.54, 1.807) is 18.2 Å². The van der Waals surface area contributed by atoms with E-state index in [4.69, 9.17) is 0 Å². The van der Waals surface area contributed by atoms with Gasteiger partial charge in [-0.15, -0.1) is 0 Å². The standard InChI is InChI=1S/C15H13NO3/c1-2-11-9-13(3-4-14(11)10-17)12-5-7-15(8-6-12)16(18)19/h3-10H,2H2,1H3. The average molecular weight is 255 g/mol. The van der Waals surface area contributed by atoms with Gasteiger partial charge in [-0.05, 0) is 35.2 Å². The van der Waals surface area contributed by atoms with Gasteiger partial charge in [0, 0.05) is 17.7 Å². The summed E-state index contributed by atoms with van der Waals surface area (Å²) in [6.07, 6.45) is 1.62. The molecule has 0 aliphatic carbocycles. The lowest BCUT2D eigenvalue weighted by atomic mass is 9.98. The van der Waals surface area contributed by atoms with Gasteiger partial charge in [-0.3, -0.25) is 14.9 Å². The SMILES string of the molecule is CCc1cc(-c2ccc([N+](=O)[O-])cc2)ccc1C=O. The molecule has 96 valence electrons. The maximum atomic E-state index is 10.9. The molecule has 4 heteroatoms. The van der Waals surface area contributed by atoms with Crippen LogP contribution in [0.4, 0.5) is 5.69 Å². The van der Waals surface area contributed by atoms with Gasteiger partial charge >= 0.3 is 0 Å². The van der Waals surface area contributed by atoms with Crippen LogP contribution in [0.1, 0.15) is 22.8 Å². The first-order valence-corrected chi connectivity index (χ1v) is 5.98. The van der Waals surface area contributed by atoms with Crippen LogP contribution >= 0.6 is 0 Å². The molecule has 0 bridgehead atoms. The van der Waals surface area contributed by atoms with Gasteiger partial charge in [-0.25, -0.2) is 0 Å². The Bertz CT molecular complexity index is 618. The summed E-state index contributed by atoms with van der Waals surface area (Å²) >= 11 is 0. The fraction of sp³-hybridized carbons (Fsp3) is 0.133. The molecule has 19 heavy (non-hydrogen) atoms. The Morgan fingerprint density at radius 3 is 2.26 bits per heavy atom. The van der Waals surface area contributed by atoms with Gasteiger partial charge < -0.3 is 0 Å². The summed E-state index contributed by atoms with van der Waals surface area (Å²) in [5.41, 5.74) is 3.60. The highest BCUT2D eigenvalue weighted by Crippen LogP contribution is 2.24. The predicted octanol–water partition coefficient (Wildman–Crippen LogP) is 3.64. The van der Waals surface area contributed by atoms with E-state index < -0.39 is 4.92 Å². The third-order valence-electron chi connectivity index (χ3n) is 3.06. The summed E-state index contributed by atoms with van der Waals surface area (Å²) in [7, 11) is 0. The summed E-state index contributed by atoms with van der Waals surface area (Å²) in [5, 5.41) is 10.6. The monoisotopic (exact) mass is 255 g/mol. The van der Waals surface area contributed by atoms with Crippen LogP contribution in [0, 0.1) is 10.1 Å². The second kappa shape index (κ2) is 5.44. The van der Waals surface area contributed by atoms with Gasteiger partial charge in [-0.2, -0.15) is 0 Å². The highest BCUT2D eigenvalue weighted by Gasteiger charge is 2.07. The van der Waals surface area contributed by atoms with Gasteiger partial charge in [0.2, 0.25) is 0 Å². The topological polar surface area (TPSA) is 60.2 Å². The number of hydrogen-bond donors (Lipinski definition) is 0. The molecule has 0 atom stereocenters. The summed E-state index contributed by atoms with van der Waals surface area (Å²) in [6.45, 7) is 1.99. The van der Waals surface area contributed by atoms with E-state index in [1.165, 1.54) is 12.1 Å². The molecule has 0 aromatic heterocycles. The zero-order valence-electron chi connectivity index (χ0n) is 10.5. The van der Waals surface area contributed by atoms with E-state index in [0.29, 0.717) is 5.56 Å². The smallest absolute Gasteiger partial charge is 0.269 e. The quantitative estimate of drug-likeness (QED) is 0.476. The van der Waals surface area contributed by atoms with Crippen molar-refractivity contribution in [3.63, 3.8) is 0 Å². The molecule has 0 amide bonds. The van der Waals surface area contributed by atoms with Crippen LogP contribution in [0.2, 0.25) is 0 Å². The third-order valence-corrected chi connectivity index (χ3v) is 3.06. The Hall–Kier alpha value is -2.49. The lowest BCUT2D eigenvalue weighted by Crippen LogP contribution is -1.92. The van der Waals surface area contributed by atoms with Crippen LogP contribution in [0.15, 0.2) is 42.5 Å². The molecule has 2 rings (SSSR count). The lowest BCUT2D eigenvalue weighted by Gasteiger charge is -2.06. The van der Waals surface area contributed by atoms with Crippen molar-refractivity contribution in [3.05, 3.63) is 63.7 Å². The molecule has 0 saturated heterocycles. The molecule has 4 nitrogen and oxygen atoms in total. The minimum atomic E-state index is -0.420. The van der Waals surface area contributed by atoms with Crippen molar-refractivity contribution in [1.29, 1.82) is 0 Å². The fourth-order valence-corrected chi connectivity index (χ4v) is 1.98. The number of nitro groups is 1. The summed E-state index contributed by atoms with van der Waals surface area (Å²) in [4.78, 5) is 21.1. The van der Waals surface area contributed by atoms with Crippen LogP contribution in [0.3, 0.4) is 0 Å². The second-order valence-electron chi connectivity index (χ2n) is 4.19. The number of non-ortho nitro benzene ring substituents is 1. The van der Waals surface area contributed by atoms with E-state index in [9.17, 15) is 14.9 Å². The van der Waals surface area contributed by atoms with Crippen LogP contribution in [0.5, 0.6) is 0 Å². The first-order chi connectivity index (χ1) is 9.15. The van der Waals surface area contributed by atoms with Gasteiger partial charge in [0.15, 0.2) is 0 Å². The Morgan fingerprint density at radius 1 is 1.11 bits per heavy atom. The highest BCUT2D eigenvalue weighted by molar-refractivity contribution is 5.79. The Morgan fingerprint density at radius 2 is 1.74 bits per heavy atom. The summed E-state index contributed by atoms with van der Waals surface area (Å²) in [6, 6.07) is 12.0. The molecule has 0 saturated carbocycles. The first kappa shape index (κ1) is 13.0. The van der Waals surface area contributed by atoms with Crippen molar-refractivity contribution in [2.75, 3.05) is 0 Å². The van der Waals surface area contributed by atoms with E-state index in [2.05, 4.69) is 0 Å². The normalized spacial score (nSPS) is 10.2. The summed E-state index contributed by atoms with van der Waals surface area (Å²) in [5.74, 6) is 0. The molecule has 0 unspecified atom stereocenters. The number of carbonyl (C=O) groups excluding carboxylic acids is 1. The minimum Gasteiger partial charge on any atom is -0.298 e. The Labute approximate surface area is 110 Å². The van der Waals surface area contributed by atoms with E-state index in [1.807, 2.05) is 19.1 Å². The molecule has 0 aliphatic heterocycles. The largest absolute Gasteiger partial charge is 0.298 e. The molecule has 0 aliphatic rings. The highest BCUT2D eigenvalue weighted by atomic mass is 16.6. The van der Waals surface area contributed by atoms with Gasteiger partial charge in [0.1, 0.15) is 6.29 Å². The van der Waals surface area contributed by atoms with Crippen LogP contribution in [-0.2, 0) is 6.42 Å². The van der Waals surface area contributed by atoms with Gasteiger partial charge in [0.05, 0.1) is 4.92 Å². The zero-order chi connectivity index (χ0) is 13.8. The van der Waals surface area contributed by atoms with Crippen LogP contribution in [0.25, 0.3) is 11.1 Å². The number of nitrogens with zero attached hydrogens (tertiary/aromatic N) is 1. The number of rotatable bonds is 4. The number of benzene rings is 2. The number of nitro benzene ring substituents is 1. The van der Waals surface area contributed by atoms with Crippen molar-refractivity contribution in [2.24, 2.45) is 0 Å². The fourth-order valence-electron chi connectivity index (χ4n) is 1.98. The van der Waals surface area contributed by atoms with Gasteiger partial charge in [0.25, 0.3) is 5.69 Å². The molecule has 0 fully saturated rings. The maximum absolute atomic E-state index is 10.9. The van der Waals surface area contributed by atoms with Gasteiger partial charge in [-0.1, -0.05) is 25.1 Å². The van der Waals surface area contributed by atoms with E-state index >= 15 is 0 Å². The van der Waals surface area contributed by atoms with Crippen molar-refractivity contribution in [2.45, 2.75) is 13.3 Å². The van der Waals surface area contributed by atoms with Crippen molar-refractivity contribution < 1.29 is 9.72 Å². The number of hydrogen-bond acceptors (Lipinski definition) is 3. The average Bonchev–Trinajstić information content (AvgIpc) is 2.46. The van der Waals surface area contributed by atoms with Crippen molar-refractivity contribution in [3.8, 4) is 11.1 Å². The minimum absolute atomic E-state index is 0.0731. The van der Waals surface area contributed by atoms with Crippen molar-refractivity contribution in [1.82, 2.24) is 0 Å². The molecule has 0 heterocycles. The number of carbonyl (C=O) groups is 1. The molecular weight excluding hydrogens is 242 g/mol. The van der Waals surface area contributed by atoms with Crippen LogP contribution < -0.4 is 0 Å². The predicted molar refractivity (Wildman–Crippen MR) is 73.3 cm³/mol. The molecule has 0 N–H and O–H groups in total. The van der Waals surface area contributed by atoms with Crippen molar-refractivity contribution >= 4 is 12.0 Å². The maximum Gasteiger partial charge on any atom is 0.269 e. The van der Waals surface area contributed by atoms with E-state index in [-0.39, 0.29) is 5.69 Å².